The Kier molecular flexibility index (Phi) is 3.99. The fraction of sp³-hybridized carbons (Fsp3) is 0.923. The number of nitrogens with one attached hydrogen (secondary N) is 1. The summed E-state index contributed by atoms with van der Waals surface area (Å²) in [4.78, 5) is 14.4. The maximum atomic E-state index is 12.3. The van der Waals surface area contributed by atoms with Gasteiger partial charge in [-0.25, -0.2) is 0 Å². The molecule has 3 atom stereocenters. The van der Waals surface area contributed by atoms with Crippen molar-refractivity contribution in [2.45, 2.75) is 38.6 Å². The Balaban J connectivity index is 0.00000108. The number of rotatable bonds is 2. The Labute approximate surface area is 110 Å². The van der Waals surface area contributed by atoms with Gasteiger partial charge in [0.1, 0.15) is 0 Å². The van der Waals surface area contributed by atoms with E-state index in [-0.39, 0.29) is 18.3 Å². The van der Waals surface area contributed by atoms with E-state index < -0.39 is 0 Å². The lowest BCUT2D eigenvalue weighted by Gasteiger charge is -2.36. The first-order valence-electron chi connectivity index (χ1n) is 6.78. The van der Waals surface area contributed by atoms with Crippen LogP contribution in [0.3, 0.4) is 0 Å². The molecule has 1 saturated carbocycles. The van der Waals surface area contributed by atoms with Gasteiger partial charge in [0.05, 0.1) is 0 Å². The van der Waals surface area contributed by atoms with Crippen molar-refractivity contribution < 1.29 is 4.79 Å². The lowest BCUT2D eigenvalue weighted by Crippen LogP contribution is -2.48. The maximum Gasteiger partial charge on any atom is 0.225 e. The van der Waals surface area contributed by atoms with Gasteiger partial charge in [-0.2, -0.15) is 0 Å². The van der Waals surface area contributed by atoms with Crippen molar-refractivity contribution in [2.75, 3.05) is 19.6 Å². The highest BCUT2D eigenvalue weighted by molar-refractivity contribution is 5.85. The molecule has 3 aliphatic rings. The summed E-state index contributed by atoms with van der Waals surface area (Å²) in [6, 6.07) is 0.695. The van der Waals surface area contributed by atoms with Gasteiger partial charge in [0.15, 0.2) is 0 Å². The lowest BCUT2D eigenvalue weighted by atomic mass is 9.92. The van der Waals surface area contributed by atoms with E-state index in [4.69, 9.17) is 0 Å². The zero-order valence-electron chi connectivity index (χ0n) is 10.5. The van der Waals surface area contributed by atoms with Gasteiger partial charge in [0.2, 0.25) is 5.91 Å². The highest BCUT2D eigenvalue weighted by atomic mass is 35.5. The minimum atomic E-state index is 0. The molecule has 2 aliphatic heterocycles. The lowest BCUT2D eigenvalue weighted by molar-refractivity contribution is -0.137. The fourth-order valence-electron chi connectivity index (χ4n) is 3.33. The third kappa shape index (κ3) is 2.60. The van der Waals surface area contributed by atoms with Crippen molar-refractivity contribution in [2.24, 2.45) is 17.8 Å². The van der Waals surface area contributed by atoms with Crippen LogP contribution in [0, 0.1) is 17.8 Å². The van der Waals surface area contributed by atoms with Crippen LogP contribution in [0.2, 0.25) is 0 Å². The van der Waals surface area contributed by atoms with E-state index in [2.05, 4.69) is 17.1 Å². The number of amides is 1. The number of likely N-dealkylation sites (tertiary alicyclic amines) is 1. The van der Waals surface area contributed by atoms with Crippen LogP contribution in [0.4, 0.5) is 0 Å². The number of piperidine rings is 1. The standard InChI is InChI=1S/C13H22N2O.ClH/c1-9(10-2-3-10)13(16)15-7-5-12-11(8-15)4-6-14-12;/h9-12,14H,2-8H2,1H3;1H. The minimum Gasteiger partial charge on any atom is -0.342 e. The number of nitrogens with zero attached hydrogens (tertiary/aromatic N) is 1. The van der Waals surface area contributed by atoms with E-state index in [9.17, 15) is 4.79 Å². The molecule has 0 aromatic rings. The van der Waals surface area contributed by atoms with Crippen molar-refractivity contribution >= 4 is 18.3 Å². The van der Waals surface area contributed by atoms with Crippen molar-refractivity contribution in [1.82, 2.24) is 10.2 Å². The number of fused-ring (bicyclic) bond motifs is 1. The van der Waals surface area contributed by atoms with E-state index >= 15 is 0 Å². The monoisotopic (exact) mass is 258 g/mol. The Morgan fingerprint density at radius 2 is 2.06 bits per heavy atom. The first-order chi connectivity index (χ1) is 7.75. The van der Waals surface area contributed by atoms with E-state index in [1.165, 1.54) is 19.3 Å². The second kappa shape index (κ2) is 5.15. The van der Waals surface area contributed by atoms with Crippen LogP contribution in [0.25, 0.3) is 0 Å². The van der Waals surface area contributed by atoms with E-state index in [0.29, 0.717) is 17.9 Å². The largest absolute Gasteiger partial charge is 0.342 e. The topological polar surface area (TPSA) is 32.3 Å². The molecule has 3 rings (SSSR count). The summed E-state index contributed by atoms with van der Waals surface area (Å²) < 4.78 is 0. The van der Waals surface area contributed by atoms with Crippen molar-refractivity contribution in [3.63, 3.8) is 0 Å². The maximum absolute atomic E-state index is 12.3. The number of halogens is 1. The van der Waals surface area contributed by atoms with Crippen LogP contribution in [0.5, 0.6) is 0 Å². The average Bonchev–Trinajstić information content (AvgIpc) is 3.05. The third-order valence-corrected chi connectivity index (χ3v) is 4.69. The summed E-state index contributed by atoms with van der Waals surface area (Å²) >= 11 is 0. The summed E-state index contributed by atoms with van der Waals surface area (Å²) in [7, 11) is 0. The quantitative estimate of drug-likeness (QED) is 0.817. The SMILES string of the molecule is CC(C(=O)N1CCC2NCCC2C1)C1CC1.Cl. The third-order valence-electron chi connectivity index (χ3n) is 4.69. The smallest absolute Gasteiger partial charge is 0.225 e. The molecular formula is C13H23ClN2O. The molecule has 2 heterocycles. The fourth-order valence-corrected chi connectivity index (χ4v) is 3.33. The van der Waals surface area contributed by atoms with Crippen molar-refractivity contribution in [1.29, 1.82) is 0 Å². The molecule has 1 N–H and O–H groups in total. The van der Waals surface area contributed by atoms with Gasteiger partial charge < -0.3 is 10.2 Å². The summed E-state index contributed by atoms with van der Waals surface area (Å²) in [6.45, 7) is 5.26. The van der Waals surface area contributed by atoms with Crippen molar-refractivity contribution in [3.05, 3.63) is 0 Å². The van der Waals surface area contributed by atoms with E-state index in [1.54, 1.807) is 0 Å². The molecule has 17 heavy (non-hydrogen) atoms. The van der Waals surface area contributed by atoms with Gasteiger partial charge in [0, 0.05) is 25.0 Å². The van der Waals surface area contributed by atoms with Gasteiger partial charge in [-0.3, -0.25) is 4.79 Å². The first kappa shape index (κ1) is 13.2. The normalized spacial score (nSPS) is 33.8. The predicted molar refractivity (Wildman–Crippen MR) is 70.2 cm³/mol. The van der Waals surface area contributed by atoms with E-state index in [1.807, 2.05) is 0 Å². The van der Waals surface area contributed by atoms with Gasteiger partial charge >= 0.3 is 0 Å². The first-order valence-corrected chi connectivity index (χ1v) is 6.78. The zero-order valence-corrected chi connectivity index (χ0v) is 11.3. The van der Waals surface area contributed by atoms with Crippen LogP contribution in [0.1, 0.15) is 32.6 Å². The van der Waals surface area contributed by atoms with Crippen LogP contribution in [0.15, 0.2) is 0 Å². The highest BCUT2D eigenvalue weighted by Gasteiger charge is 2.39. The molecule has 3 nitrogen and oxygen atoms in total. The molecule has 0 aromatic carbocycles. The number of carbonyl (C=O) groups excluding carboxylic acids is 1. The molecule has 98 valence electrons. The molecule has 1 amide bonds. The van der Waals surface area contributed by atoms with Crippen LogP contribution in [-0.2, 0) is 4.79 Å². The molecule has 3 fully saturated rings. The van der Waals surface area contributed by atoms with Crippen LogP contribution in [-0.4, -0.2) is 36.5 Å². The summed E-state index contributed by atoms with van der Waals surface area (Å²) in [5.74, 6) is 2.13. The Bertz CT molecular complexity index is 293. The van der Waals surface area contributed by atoms with Gasteiger partial charge in [-0.15, -0.1) is 12.4 Å². The number of carbonyl (C=O) groups is 1. The average molecular weight is 259 g/mol. The molecule has 0 aromatic heterocycles. The molecule has 4 heteroatoms. The molecule has 0 radical (unpaired) electrons. The van der Waals surface area contributed by atoms with Crippen molar-refractivity contribution in [3.8, 4) is 0 Å². The van der Waals surface area contributed by atoms with Crippen LogP contribution >= 0.6 is 12.4 Å². The second-order valence-corrected chi connectivity index (χ2v) is 5.81. The summed E-state index contributed by atoms with van der Waals surface area (Å²) in [5.41, 5.74) is 0. The Hall–Kier alpha value is -0.280. The summed E-state index contributed by atoms with van der Waals surface area (Å²) in [6.07, 6.45) is 4.96. The number of hydrogen-bond donors (Lipinski definition) is 1. The molecule has 0 bridgehead atoms. The molecule has 0 spiro atoms. The minimum absolute atomic E-state index is 0. The van der Waals surface area contributed by atoms with Gasteiger partial charge in [-0.05, 0) is 44.1 Å². The number of hydrogen-bond acceptors (Lipinski definition) is 2. The zero-order chi connectivity index (χ0) is 11.1. The second-order valence-electron chi connectivity index (χ2n) is 5.81. The Morgan fingerprint density at radius 3 is 2.76 bits per heavy atom. The molecular weight excluding hydrogens is 236 g/mol. The molecule has 2 saturated heterocycles. The molecule has 3 unspecified atom stereocenters. The summed E-state index contributed by atoms with van der Waals surface area (Å²) in [5, 5.41) is 3.54. The Morgan fingerprint density at radius 1 is 1.29 bits per heavy atom. The van der Waals surface area contributed by atoms with E-state index in [0.717, 1.165) is 32.0 Å². The van der Waals surface area contributed by atoms with Gasteiger partial charge in [-0.1, -0.05) is 6.92 Å². The highest BCUT2D eigenvalue weighted by Crippen LogP contribution is 2.38. The predicted octanol–water partition coefficient (Wildman–Crippen LogP) is 1.66. The van der Waals surface area contributed by atoms with Crippen LogP contribution < -0.4 is 5.32 Å². The molecule has 1 aliphatic carbocycles. The van der Waals surface area contributed by atoms with Gasteiger partial charge in [0.25, 0.3) is 0 Å².